The topological polar surface area (TPSA) is 47.0 Å². The van der Waals surface area contributed by atoms with Crippen molar-refractivity contribution in [2.24, 2.45) is 0 Å². The van der Waals surface area contributed by atoms with Crippen molar-refractivity contribution in [2.45, 2.75) is 26.5 Å². The molecule has 0 aliphatic rings. The summed E-state index contributed by atoms with van der Waals surface area (Å²) in [7, 11) is 0. The molecule has 0 saturated carbocycles. The summed E-state index contributed by atoms with van der Waals surface area (Å²) in [5.41, 5.74) is 0.571. The SMILES string of the molecule is CC(C)Oc1ccnc(NCc2ccccc2F)n1. The number of ether oxygens (including phenoxy) is 1. The van der Waals surface area contributed by atoms with Crippen molar-refractivity contribution in [3.05, 3.63) is 47.9 Å². The lowest BCUT2D eigenvalue weighted by atomic mass is 10.2. The molecule has 2 rings (SSSR count). The molecule has 19 heavy (non-hydrogen) atoms. The summed E-state index contributed by atoms with van der Waals surface area (Å²) in [6.07, 6.45) is 1.66. The molecule has 1 aromatic heterocycles. The molecule has 0 unspecified atom stereocenters. The highest BCUT2D eigenvalue weighted by Gasteiger charge is 2.04. The molecule has 0 fully saturated rings. The molecule has 0 spiro atoms. The maximum Gasteiger partial charge on any atom is 0.226 e. The predicted octanol–water partition coefficient (Wildman–Crippen LogP) is 3.02. The van der Waals surface area contributed by atoms with Crippen LogP contribution in [0.3, 0.4) is 0 Å². The van der Waals surface area contributed by atoms with Crippen LogP contribution in [0.1, 0.15) is 19.4 Å². The minimum absolute atomic E-state index is 0.0503. The van der Waals surface area contributed by atoms with Gasteiger partial charge in [-0.25, -0.2) is 9.37 Å². The smallest absolute Gasteiger partial charge is 0.226 e. The van der Waals surface area contributed by atoms with Crippen molar-refractivity contribution in [1.82, 2.24) is 9.97 Å². The van der Waals surface area contributed by atoms with Crippen LogP contribution in [0.15, 0.2) is 36.5 Å². The van der Waals surface area contributed by atoms with E-state index in [0.717, 1.165) is 0 Å². The highest BCUT2D eigenvalue weighted by Crippen LogP contribution is 2.12. The quantitative estimate of drug-likeness (QED) is 0.898. The third-order valence-corrected chi connectivity index (χ3v) is 2.38. The van der Waals surface area contributed by atoms with Gasteiger partial charge in [-0.3, -0.25) is 0 Å². The minimum Gasteiger partial charge on any atom is -0.475 e. The van der Waals surface area contributed by atoms with Crippen LogP contribution in [0.5, 0.6) is 5.88 Å². The predicted molar refractivity (Wildman–Crippen MR) is 71.5 cm³/mol. The average Bonchev–Trinajstić information content (AvgIpc) is 2.37. The molecule has 5 heteroatoms. The Morgan fingerprint density at radius 3 is 2.79 bits per heavy atom. The Labute approximate surface area is 111 Å². The standard InChI is InChI=1S/C14H16FN3O/c1-10(2)19-13-7-8-16-14(18-13)17-9-11-5-3-4-6-12(11)15/h3-8,10H,9H2,1-2H3,(H,16,17,18). The summed E-state index contributed by atoms with van der Waals surface area (Å²) in [5, 5.41) is 2.97. The number of halogens is 1. The Kier molecular flexibility index (Phi) is 4.28. The Morgan fingerprint density at radius 1 is 1.26 bits per heavy atom. The third-order valence-electron chi connectivity index (χ3n) is 2.38. The summed E-state index contributed by atoms with van der Waals surface area (Å²) < 4.78 is 18.9. The number of rotatable bonds is 5. The van der Waals surface area contributed by atoms with Gasteiger partial charge in [0.15, 0.2) is 0 Å². The molecule has 1 N–H and O–H groups in total. The second-order valence-electron chi connectivity index (χ2n) is 4.33. The normalized spacial score (nSPS) is 10.5. The lowest BCUT2D eigenvalue weighted by Crippen LogP contribution is -2.09. The molecule has 2 aromatic rings. The van der Waals surface area contributed by atoms with Gasteiger partial charge >= 0.3 is 0 Å². The zero-order valence-corrected chi connectivity index (χ0v) is 10.9. The highest BCUT2D eigenvalue weighted by molar-refractivity contribution is 5.30. The number of benzene rings is 1. The van der Waals surface area contributed by atoms with Gasteiger partial charge in [-0.2, -0.15) is 4.98 Å². The number of anilines is 1. The molecule has 0 aliphatic heterocycles. The maximum atomic E-state index is 13.4. The Bertz CT molecular complexity index is 546. The summed E-state index contributed by atoms with van der Waals surface area (Å²) >= 11 is 0. The summed E-state index contributed by atoms with van der Waals surface area (Å²) in [5.74, 6) is 0.673. The molecular weight excluding hydrogens is 245 g/mol. The zero-order valence-electron chi connectivity index (χ0n) is 10.9. The van der Waals surface area contributed by atoms with Crippen LogP contribution in [0, 0.1) is 5.82 Å². The van der Waals surface area contributed by atoms with Gasteiger partial charge in [0.25, 0.3) is 0 Å². The second-order valence-corrected chi connectivity index (χ2v) is 4.33. The van der Waals surface area contributed by atoms with Gasteiger partial charge < -0.3 is 10.1 Å². The lowest BCUT2D eigenvalue weighted by Gasteiger charge is -2.10. The largest absolute Gasteiger partial charge is 0.475 e. The van der Waals surface area contributed by atoms with Crippen molar-refractivity contribution in [3.63, 3.8) is 0 Å². The molecule has 4 nitrogen and oxygen atoms in total. The van der Waals surface area contributed by atoms with Crippen molar-refractivity contribution in [2.75, 3.05) is 5.32 Å². The molecule has 0 aliphatic carbocycles. The van der Waals surface area contributed by atoms with E-state index in [1.54, 1.807) is 30.5 Å². The minimum atomic E-state index is -0.246. The number of hydrogen-bond donors (Lipinski definition) is 1. The van der Waals surface area contributed by atoms with Crippen LogP contribution >= 0.6 is 0 Å². The fourth-order valence-corrected chi connectivity index (χ4v) is 1.55. The number of aromatic nitrogens is 2. The fourth-order valence-electron chi connectivity index (χ4n) is 1.55. The fraction of sp³-hybridized carbons (Fsp3) is 0.286. The molecule has 1 aromatic carbocycles. The van der Waals surface area contributed by atoms with E-state index < -0.39 is 0 Å². The van der Waals surface area contributed by atoms with E-state index in [0.29, 0.717) is 23.9 Å². The molecule has 0 bridgehead atoms. The molecular formula is C14H16FN3O. The number of nitrogens with zero attached hydrogens (tertiary/aromatic N) is 2. The van der Waals surface area contributed by atoms with Crippen molar-refractivity contribution in [3.8, 4) is 5.88 Å². The summed E-state index contributed by atoms with van der Waals surface area (Å²) in [4.78, 5) is 8.26. The Morgan fingerprint density at radius 2 is 2.05 bits per heavy atom. The van der Waals surface area contributed by atoms with E-state index in [4.69, 9.17) is 4.74 Å². The van der Waals surface area contributed by atoms with E-state index in [9.17, 15) is 4.39 Å². The van der Waals surface area contributed by atoms with E-state index in [-0.39, 0.29) is 11.9 Å². The summed E-state index contributed by atoms with van der Waals surface area (Å²) in [6.45, 7) is 4.18. The summed E-state index contributed by atoms with van der Waals surface area (Å²) in [6, 6.07) is 8.28. The van der Waals surface area contributed by atoms with Crippen LogP contribution in [-0.4, -0.2) is 16.1 Å². The molecule has 0 atom stereocenters. The van der Waals surface area contributed by atoms with Crippen LogP contribution in [0.4, 0.5) is 10.3 Å². The molecule has 1 heterocycles. The van der Waals surface area contributed by atoms with Crippen molar-refractivity contribution in [1.29, 1.82) is 0 Å². The second kappa shape index (κ2) is 6.13. The van der Waals surface area contributed by atoms with E-state index in [2.05, 4.69) is 15.3 Å². The van der Waals surface area contributed by atoms with Crippen LogP contribution in [0.2, 0.25) is 0 Å². The highest BCUT2D eigenvalue weighted by atomic mass is 19.1. The number of hydrogen-bond acceptors (Lipinski definition) is 4. The van der Waals surface area contributed by atoms with Gasteiger partial charge in [0.05, 0.1) is 6.10 Å². The molecule has 0 saturated heterocycles. The van der Waals surface area contributed by atoms with Crippen LogP contribution in [0.25, 0.3) is 0 Å². The first-order valence-corrected chi connectivity index (χ1v) is 6.12. The molecule has 0 amide bonds. The van der Waals surface area contributed by atoms with Crippen molar-refractivity contribution >= 4 is 5.95 Å². The first-order valence-electron chi connectivity index (χ1n) is 6.12. The van der Waals surface area contributed by atoms with E-state index in [1.165, 1.54) is 6.07 Å². The monoisotopic (exact) mass is 261 g/mol. The lowest BCUT2D eigenvalue weighted by molar-refractivity contribution is 0.232. The first-order chi connectivity index (χ1) is 9.15. The van der Waals surface area contributed by atoms with Crippen LogP contribution in [-0.2, 0) is 6.54 Å². The first kappa shape index (κ1) is 13.3. The van der Waals surface area contributed by atoms with Gasteiger partial charge in [0.1, 0.15) is 5.82 Å². The van der Waals surface area contributed by atoms with E-state index in [1.807, 2.05) is 13.8 Å². The van der Waals surface area contributed by atoms with Crippen molar-refractivity contribution < 1.29 is 9.13 Å². The number of nitrogens with one attached hydrogen (secondary N) is 1. The third kappa shape index (κ3) is 3.91. The maximum absolute atomic E-state index is 13.4. The average molecular weight is 261 g/mol. The molecule has 0 radical (unpaired) electrons. The van der Waals surface area contributed by atoms with Gasteiger partial charge in [0, 0.05) is 24.4 Å². The van der Waals surface area contributed by atoms with Gasteiger partial charge in [-0.1, -0.05) is 18.2 Å². The van der Waals surface area contributed by atoms with Gasteiger partial charge in [-0.15, -0.1) is 0 Å². The Hall–Kier alpha value is -2.17. The zero-order chi connectivity index (χ0) is 13.7. The van der Waals surface area contributed by atoms with Gasteiger partial charge in [0.2, 0.25) is 11.8 Å². The van der Waals surface area contributed by atoms with E-state index >= 15 is 0 Å². The van der Waals surface area contributed by atoms with Crippen LogP contribution < -0.4 is 10.1 Å². The molecule has 100 valence electrons. The Balaban J connectivity index is 2.02. The van der Waals surface area contributed by atoms with Gasteiger partial charge in [-0.05, 0) is 19.9 Å².